The highest BCUT2D eigenvalue weighted by Crippen LogP contribution is 2.38. The van der Waals surface area contributed by atoms with E-state index in [0.29, 0.717) is 23.3 Å². The zero-order valence-corrected chi connectivity index (χ0v) is 22.4. The second-order valence-corrected chi connectivity index (χ2v) is 10.7. The van der Waals surface area contributed by atoms with Crippen LogP contribution in [0.4, 0.5) is 36.4 Å². The van der Waals surface area contributed by atoms with Crippen molar-refractivity contribution in [2.45, 2.75) is 50.5 Å². The van der Waals surface area contributed by atoms with Crippen LogP contribution in [-0.2, 0) is 22.3 Å². The molecular formula is C28H26ClF7N2O2. The summed E-state index contributed by atoms with van der Waals surface area (Å²) in [6.07, 6.45) is -8.36. The van der Waals surface area contributed by atoms with Crippen LogP contribution in [0.3, 0.4) is 0 Å². The summed E-state index contributed by atoms with van der Waals surface area (Å²) in [4.78, 5) is 27.4. The van der Waals surface area contributed by atoms with Crippen molar-refractivity contribution in [1.82, 2.24) is 4.90 Å². The lowest BCUT2D eigenvalue weighted by Gasteiger charge is -2.31. The van der Waals surface area contributed by atoms with Crippen LogP contribution in [0.1, 0.15) is 43.1 Å². The number of carbonyl (C=O) groups is 2. The number of nitrogens with one attached hydrogen (secondary N) is 1. The Kier molecular flexibility index (Phi) is 9.39. The van der Waals surface area contributed by atoms with Gasteiger partial charge < -0.3 is 10.2 Å². The lowest BCUT2D eigenvalue weighted by atomic mass is 9.82. The predicted molar refractivity (Wildman–Crippen MR) is 137 cm³/mol. The molecule has 1 N–H and O–H groups in total. The van der Waals surface area contributed by atoms with Crippen molar-refractivity contribution in [2.75, 3.05) is 12.4 Å². The van der Waals surface area contributed by atoms with E-state index in [1.165, 1.54) is 36.2 Å². The van der Waals surface area contributed by atoms with Gasteiger partial charge in [-0.3, -0.25) is 9.59 Å². The van der Waals surface area contributed by atoms with Crippen LogP contribution in [0, 0.1) is 11.7 Å². The fourth-order valence-electron chi connectivity index (χ4n) is 4.29. The van der Waals surface area contributed by atoms with Gasteiger partial charge in [0.2, 0.25) is 11.8 Å². The first kappa shape index (κ1) is 31.2. The molecule has 1 aliphatic rings. The molecule has 4 nitrogen and oxygen atoms in total. The number of alkyl halides is 7. The molecule has 0 aromatic heterocycles. The van der Waals surface area contributed by atoms with E-state index in [-0.39, 0.29) is 24.6 Å². The maximum absolute atomic E-state index is 14.1. The third-order valence-corrected chi connectivity index (χ3v) is 6.64. The molecule has 0 spiro atoms. The molecule has 3 unspecified atom stereocenters. The number of hydrogen-bond donors (Lipinski definition) is 1. The summed E-state index contributed by atoms with van der Waals surface area (Å²) < 4.78 is 93.7. The van der Waals surface area contributed by atoms with E-state index >= 15 is 0 Å². The molecular weight excluding hydrogens is 565 g/mol. The van der Waals surface area contributed by atoms with Crippen LogP contribution in [0.15, 0.2) is 65.8 Å². The number of amides is 2. The molecule has 216 valence electrons. The van der Waals surface area contributed by atoms with E-state index in [1.807, 2.05) is 0 Å². The van der Waals surface area contributed by atoms with Crippen LogP contribution in [0.25, 0.3) is 0 Å². The number of nitrogens with zero attached hydrogens (tertiary/aromatic N) is 1. The van der Waals surface area contributed by atoms with Gasteiger partial charge in [-0.15, -0.1) is 11.6 Å². The number of carbonyl (C=O) groups excluding carboxylic acids is 2. The quantitative estimate of drug-likeness (QED) is 0.195. The van der Waals surface area contributed by atoms with Crippen molar-refractivity contribution < 1.29 is 40.3 Å². The molecule has 0 heterocycles. The smallest absolute Gasteiger partial charge is 0.340 e. The molecule has 12 heteroatoms. The molecule has 0 aliphatic heterocycles. The third kappa shape index (κ3) is 7.65. The molecule has 2 aromatic carbocycles. The fourth-order valence-corrected chi connectivity index (χ4v) is 4.50. The molecule has 3 atom stereocenters. The number of rotatable bonds is 8. The van der Waals surface area contributed by atoms with E-state index < -0.39 is 64.0 Å². The summed E-state index contributed by atoms with van der Waals surface area (Å²) in [5.41, 5.74) is -1.71. The largest absolute Gasteiger partial charge is 0.416 e. The summed E-state index contributed by atoms with van der Waals surface area (Å²) in [6, 6.07) is 6.65. The molecule has 0 bridgehead atoms. The lowest BCUT2D eigenvalue weighted by molar-refractivity contribution is -0.139. The second kappa shape index (κ2) is 12.0. The maximum Gasteiger partial charge on any atom is 0.416 e. The Morgan fingerprint density at radius 2 is 1.73 bits per heavy atom. The minimum absolute atomic E-state index is 0.0329. The van der Waals surface area contributed by atoms with Gasteiger partial charge in [-0.25, -0.2) is 17.6 Å². The van der Waals surface area contributed by atoms with Crippen LogP contribution in [-0.4, -0.2) is 35.1 Å². The summed E-state index contributed by atoms with van der Waals surface area (Å²) in [5, 5.41) is 2.19. The molecule has 0 radical (unpaired) electrons. The van der Waals surface area contributed by atoms with E-state index in [0.717, 1.165) is 0 Å². The first-order valence-corrected chi connectivity index (χ1v) is 12.4. The van der Waals surface area contributed by atoms with Gasteiger partial charge in [0.1, 0.15) is 11.7 Å². The first-order chi connectivity index (χ1) is 18.5. The topological polar surface area (TPSA) is 49.4 Å². The Balaban J connectivity index is 2.02. The standard InChI is InChI=1S/C28H26ClF7N2O2/c1-15-8-9-27(2,29)13-21(15)22(26(40)38(3)14-16-4-6-19(30)7-5-16)25(39)37-20-11-17(23(31)24(32)33)10-18(12-20)28(34,35)36/h4-12,22-24H,13-14H2,1-3H3,(H,37,39). The SMILES string of the molecule is CC1=C(C(C(=O)Nc2cc(C(F)C(F)F)cc(C(F)(F)F)c2)C(=O)N(C)Cc2ccc(F)cc2)CC(C)(Cl)C=C1. The number of benzene rings is 2. The number of halogens is 8. The Hall–Kier alpha value is -3.34. The van der Waals surface area contributed by atoms with Crippen LogP contribution < -0.4 is 5.32 Å². The van der Waals surface area contributed by atoms with Gasteiger partial charge in [-0.2, -0.15) is 13.2 Å². The molecule has 1 aliphatic carbocycles. The average molecular weight is 591 g/mol. The van der Waals surface area contributed by atoms with Crippen LogP contribution >= 0.6 is 11.6 Å². The minimum atomic E-state index is -5.03. The van der Waals surface area contributed by atoms with Crippen molar-refractivity contribution in [1.29, 1.82) is 0 Å². The van der Waals surface area contributed by atoms with Crippen molar-refractivity contribution in [3.8, 4) is 0 Å². The Bertz CT molecular complexity index is 1320. The van der Waals surface area contributed by atoms with E-state index in [4.69, 9.17) is 11.6 Å². The van der Waals surface area contributed by atoms with Gasteiger partial charge in [0, 0.05) is 19.3 Å². The zero-order valence-electron chi connectivity index (χ0n) is 21.6. The second-order valence-electron chi connectivity index (χ2n) is 9.82. The molecule has 2 aromatic rings. The first-order valence-electron chi connectivity index (χ1n) is 12.0. The molecule has 3 rings (SSSR count). The van der Waals surface area contributed by atoms with Gasteiger partial charge in [0.05, 0.1) is 10.4 Å². The van der Waals surface area contributed by atoms with Gasteiger partial charge in [0.15, 0.2) is 6.17 Å². The molecule has 2 amide bonds. The molecule has 0 saturated carbocycles. The summed E-state index contributed by atoms with van der Waals surface area (Å²) in [7, 11) is 1.39. The van der Waals surface area contributed by atoms with E-state index in [9.17, 15) is 40.3 Å². The average Bonchev–Trinajstić information content (AvgIpc) is 2.86. The van der Waals surface area contributed by atoms with Gasteiger partial charge in [0.25, 0.3) is 6.43 Å². The molecule has 0 fully saturated rings. The predicted octanol–water partition coefficient (Wildman–Crippen LogP) is 7.61. The zero-order chi connectivity index (χ0) is 30.0. The highest BCUT2D eigenvalue weighted by atomic mass is 35.5. The third-order valence-electron chi connectivity index (χ3n) is 6.38. The van der Waals surface area contributed by atoms with Crippen molar-refractivity contribution in [3.05, 3.63) is 88.3 Å². The highest BCUT2D eigenvalue weighted by molar-refractivity contribution is 6.25. The fraction of sp³-hybridized carbons (Fsp3) is 0.357. The van der Waals surface area contributed by atoms with Crippen LogP contribution in [0.5, 0.6) is 0 Å². The van der Waals surface area contributed by atoms with Crippen LogP contribution in [0.2, 0.25) is 0 Å². The van der Waals surface area contributed by atoms with Gasteiger partial charge in [-0.1, -0.05) is 29.9 Å². The van der Waals surface area contributed by atoms with Gasteiger partial charge >= 0.3 is 6.18 Å². The molecule has 0 saturated heterocycles. The van der Waals surface area contributed by atoms with E-state index in [2.05, 4.69) is 5.32 Å². The van der Waals surface area contributed by atoms with E-state index in [1.54, 1.807) is 26.0 Å². The number of anilines is 1. The maximum atomic E-state index is 14.1. The Labute approximate surface area is 231 Å². The lowest BCUT2D eigenvalue weighted by Crippen LogP contribution is -2.42. The monoisotopic (exact) mass is 590 g/mol. The highest BCUT2D eigenvalue weighted by Gasteiger charge is 2.39. The number of allylic oxidation sites excluding steroid dienone is 3. The normalized spacial score (nSPS) is 19.0. The molecule has 40 heavy (non-hydrogen) atoms. The number of hydrogen-bond acceptors (Lipinski definition) is 2. The van der Waals surface area contributed by atoms with Crippen molar-refractivity contribution in [3.63, 3.8) is 0 Å². The summed E-state index contributed by atoms with van der Waals surface area (Å²) in [5.74, 6) is -3.88. The summed E-state index contributed by atoms with van der Waals surface area (Å²) in [6.45, 7) is 3.24. The van der Waals surface area contributed by atoms with Crippen molar-refractivity contribution >= 4 is 29.1 Å². The Morgan fingerprint density at radius 1 is 1.10 bits per heavy atom. The summed E-state index contributed by atoms with van der Waals surface area (Å²) >= 11 is 6.48. The van der Waals surface area contributed by atoms with Gasteiger partial charge in [-0.05, 0) is 67.3 Å². The minimum Gasteiger partial charge on any atom is -0.340 e. The Morgan fingerprint density at radius 3 is 2.30 bits per heavy atom. The van der Waals surface area contributed by atoms with Crippen molar-refractivity contribution in [2.24, 2.45) is 5.92 Å².